The van der Waals surface area contributed by atoms with Crippen LogP contribution >= 0.6 is 0 Å². The van der Waals surface area contributed by atoms with Crippen molar-refractivity contribution in [2.24, 2.45) is 11.8 Å². The topological polar surface area (TPSA) is 9.23 Å². The van der Waals surface area contributed by atoms with Crippen LogP contribution in [0, 0.1) is 11.8 Å². The maximum atomic E-state index is 5.73. The molecule has 0 aliphatic rings. The molecule has 3 unspecified atom stereocenters. The summed E-state index contributed by atoms with van der Waals surface area (Å²) in [5.41, 5.74) is 1.49. The van der Waals surface area contributed by atoms with Gasteiger partial charge in [0.15, 0.2) is 0 Å². The first-order chi connectivity index (χ1) is 7.54. The Balaban J connectivity index is 4.55. The van der Waals surface area contributed by atoms with Crippen LogP contribution in [-0.2, 0) is 4.74 Å². The van der Waals surface area contributed by atoms with Crippen LogP contribution < -0.4 is 0 Å². The third-order valence-electron chi connectivity index (χ3n) is 3.36. The molecule has 0 N–H and O–H groups in total. The molecule has 0 aliphatic heterocycles. The lowest BCUT2D eigenvalue weighted by Crippen LogP contribution is -2.14. The smallest absolute Gasteiger partial charge is 0.0756 e. The van der Waals surface area contributed by atoms with Crippen molar-refractivity contribution in [2.75, 3.05) is 6.61 Å². The van der Waals surface area contributed by atoms with Gasteiger partial charge in [0.1, 0.15) is 0 Å². The number of hydrogen-bond acceptors (Lipinski definition) is 1. The molecule has 0 aromatic rings. The fraction of sp³-hybridized carbons (Fsp3) is 0.867. The average molecular weight is 226 g/mol. The Kier molecular flexibility index (Phi) is 8.64. The molecule has 0 spiro atoms. The zero-order valence-electron chi connectivity index (χ0n) is 12.0. The van der Waals surface area contributed by atoms with E-state index in [1.54, 1.807) is 0 Å². The first-order valence-corrected chi connectivity index (χ1v) is 6.87. The van der Waals surface area contributed by atoms with Gasteiger partial charge in [0.2, 0.25) is 0 Å². The van der Waals surface area contributed by atoms with Gasteiger partial charge in [0, 0.05) is 6.61 Å². The van der Waals surface area contributed by atoms with E-state index in [1.165, 1.54) is 24.8 Å². The minimum Gasteiger partial charge on any atom is -0.374 e. The molecular weight excluding hydrogens is 196 g/mol. The van der Waals surface area contributed by atoms with E-state index in [0.717, 1.165) is 12.5 Å². The molecule has 0 aliphatic carbocycles. The third kappa shape index (κ3) is 6.32. The van der Waals surface area contributed by atoms with Crippen LogP contribution in [0.3, 0.4) is 0 Å². The Morgan fingerprint density at radius 3 is 2.12 bits per heavy atom. The van der Waals surface area contributed by atoms with Gasteiger partial charge in [-0.25, -0.2) is 0 Å². The summed E-state index contributed by atoms with van der Waals surface area (Å²) in [4.78, 5) is 0. The first-order valence-electron chi connectivity index (χ1n) is 6.87. The highest BCUT2D eigenvalue weighted by atomic mass is 16.5. The minimum absolute atomic E-state index is 0.285. The predicted molar refractivity (Wildman–Crippen MR) is 72.7 cm³/mol. The van der Waals surface area contributed by atoms with Crippen LogP contribution in [0.15, 0.2) is 11.6 Å². The number of ether oxygens (including phenoxy) is 1. The van der Waals surface area contributed by atoms with Gasteiger partial charge in [-0.1, -0.05) is 46.6 Å². The van der Waals surface area contributed by atoms with E-state index in [0.29, 0.717) is 5.92 Å². The molecule has 0 radical (unpaired) electrons. The van der Waals surface area contributed by atoms with E-state index in [2.05, 4.69) is 47.6 Å². The standard InChI is InChI=1S/C15H30O/c1-7-12(4)10-15(11-13(5)8-2)14(6)16-9-3/h10,12-14H,7-9,11H2,1-6H3. The Hall–Kier alpha value is -0.300. The molecule has 0 aromatic heterocycles. The molecule has 16 heavy (non-hydrogen) atoms. The van der Waals surface area contributed by atoms with E-state index in [-0.39, 0.29) is 6.10 Å². The first kappa shape index (κ1) is 15.7. The molecule has 0 saturated heterocycles. The molecule has 0 amide bonds. The zero-order valence-corrected chi connectivity index (χ0v) is 12.0. The van der Waals surface area contributed by atoms with Gasteiger partial charge in [0.25, 0.3) is 0 Å². The maximum Gasteiger partial charge on any atom is 0.0756 e. The van der Waals surface area contributed by atoms with Crippen molar-refractivity contribution in [1.82, 2.24) is 0 Å². The van der Waals surface area contributed by atoms with E-state index in [9.17, 15) is 0 Å². The van der Waals surface area contributed by atoms with Gasteiger partial charge < -0.3 is 4.74 Å². The molecule has 1 heteroatoms. The molecule has 3 atom stereocenters. The molecule has 96 valence electrons. The fourth-order valence-corrected chi connectivity index (χ4v) is 1.76. The summed E-state index contributed by atoms with van der Waals surface area (Å²) in [5.74, 6) is 1.43. The highest BCUT2D eigenvalue weighted by Crippen LogP contribution is 2.22. The van der Waals surface area contributed by atoms with Gasteiger partial charge in [-0.05, 0) is 37.7 Å². The second-order valence-corrected chi connectivity index (χ2v) is 4.94. The van der Waals surface area contributed by atoms with Gasteiger partial charge in [-0.2, -0.15) is 0 Å². The second kappa shape index (κ2) is 8.81. The van der Waals surface area contributed by atoms with Crippen molar-refractivity contribution in [3.63, 3.8) is 0 Å². The van der Waals surface area contributed by atoms with Gasteiger partial charge in [-0.15, -0.1) is 0 Å². The van der Waals surface area contributed by atoms with Crippen molar-refractivity contribution < 1.29 is 4.74 Å². The van der Waals surface area contributed by atoms with Crippen LogP contribution in [0.2, 0.25) is 0 Å². The summed E-state index contributed by atoms with van der Waals surface area (Å²) in [6.45, 7) is 14.2. The summed E-state index contributed by atoms with van der Waals surface area (Å²) < 4.78 is 5.73. The van der Waals surface area contributed by atoms with E-state index < -0.39 is 0 Å². The molecule has 0 aromatic carbocycles. The molecule has 0 heterocycles. The lowest BCUT2D eigenvalue weighted by molar-refractivity contribution is 0.0967. The molecule has 0 saturated carbocycles. The Morgan fingerprint density at radius 1 is 1.06 bits per heavy atom. The van der Waals surface area contributed by atoms with Crippen LogP contribution in [0.4, 0.5) is 0 Å². The summed E-state index contributed by atoms with van der Waals surface area (Å²) in [6, 6.07) is 0. The van der Waals surface area contributed by atoms with E-state index in [4.69, 9.17) is 4.74 Å². The molecule has 0 rings (SSSR count). The maximum absolute atomic E-state index is 5.73. The van der Waals surface area contributed by atoms with Crippen molar-refractivity contribution in [1.29, 1.82) is 0 Å². The summed E-state index contributed by atoms with van der Waals surface area (Å²) >= 11 is 0. The Morgan fingerprint density at radius 2 is 1.69 bits per heavy atom. The largest absolute Gasteiger partial charge is 0.374 e. The third-order valence-corrected chi connectivity index (χ3v) is 3.36. The van der Waals surface area contributed by atoms with Crippen LogP contribution in [0.1, 0.15) is 60.8 Å². The van der Waals surface area contributed by atoms with Crippen LogP contribution in [0.25, 0.3) is 0 Å². The number of allylic oxidation sites excluding steroid dienone is 1. The lowest BCUT2D eigenvalue weighted by atomic mass is 9.92. The van der Waals surface area contributed by atoms with Gasteiger partial charge >= 0.3 is 0 Å². The van der Waals surface area contributed by atoms with Crippen LogP contribution in [0.5, 0.6) is 0 Å². The number of rotatable bonds is 8. The normalized spacial score (nSPS) is 18.2. The fourth-order valence-electron chi connectivity index (χ4n) is 1.76. The van der Waals surface area contributed by atoms with Crippen molar-refractivity contribution in [2.45, 2.75) is 66.9 Å². The van der Waals surface area contributed by atoms with E-state index >= 15 is 0 Å². The quantitative estimate of drug-likeness (QED) is 0.539. The molecular formula is C15H30O. The average Bonchev–Trinajstić information content (AvgIpc) is 2.27. The Bertz CT molecular complexity index is 196. The van der Waals surface area contributed by atoms with Crippen LogP contribution in [-0.4, -0.2) is 12.7 Å². The second-order valence-electron chi connectivity index (χ2n) is 4.94. The van der Waals surface area contributed by atoms with Gasteiger partial charge in [0.05, 0.1) is 6.10 Å². The highest BCUT2D eigenvalue weighted by Gasteiger charge is 2.12. The summed E-state index contributed by atoms with van der Waals surface area (Å²) in [7, 11) is 0. The van der Waals surface area contributed by atoms with E-state index in [1.807, 2.05) is 0 Å². The molecule has 0 fully saturated rings. The zero-order chi connectivity index (χ0) is 12.6. The predicted octanol–water partition coefficient (Wildman–Crippen LogP) is 4.82. The summed E-state index contributed by atoms with van der Waals surface area (Å²) in [6.07, 6.45) is 6.35. The molecule has 1 nitrogen and oxygen atoms in total. The minimum atomic E-state index is 0.285. The SMILES string of the molecule is CCOC(C)C(=CC(C)CC)CC(C)CC. The molecule has 0 bridgehead atoms. The summed E-state index contributed by atoms with van der Waals surface area (Å²) in [5, 5.41) is 0. The van der Waals surface area contributed by atoms with Gasteiger partial charge in [-0.3, -0.25) is 0 Å². The van der Waals surface area contributed by atoms with Crippen molar-refractivity contribution in [3.05, 3.63) is 11.6 Å². The Labute approximate surface area is 102 Å². The monoisotopic (exact) mass is 226 g/mol. The number of hydrogen-bond donors (Lipinski definition) is 0. The van der Waals surface area contributed by atoms with Crippen molar-refractivity contribution >= 4 is 0 Å². The highest BCUT2D eigenvalue weighted by molar-refractivity contribution is 5.09. The van der Waals surface area contributed by atoms with Crippen molar-refractivity contribution in [3.8, 4) is 0 Å². The lowest BCUT2D eigenvalue weighted by Gasteiger charge is -2.20.